The van der Waals surface area contributed by atoms with Crippen molar-refractivity contribution in [2.24, 2.45) is 5.92 Å². The molecule has 1 N–H and O–H groups in total. The molecule has 29 heavy (non-hydrogen) atoms. The van der Waals surface area contributed by atoms with Crippen LogP contribution in [0.15, 0.2) is 28.8 Å². The maximum absolute atomic E-state index is 10.6. The number of carboxylic acid groups (broad SMARTS) is 1. The lowest BCUT2D eigenvalue weighted by Gasteiger charge is -2.34. The van der Waals surface area contributed by atoms with Crippen LogP contribution < -0.4 is 4.90 Å². The Morgan fingerprint density at radius 2 is 1.76 bits per heavy atom. The molecule has 0 spiro atoms. The summed E-state index contributed by atoms with van der Waals surface area (Å²) < 4.78 is 37.1. The van der Waals surface area contributed by atoms with E-state index in [1.54, 1.807) is 0 Å². The van der Waals surface area contributed by atoms with Crippen LogP contribution in [0.2, 0.25) is 0 Å². The van der Waals surface area contributed by atoms with E-state index in [9.17, 15) is 13.2 Å². The molecule has 1 aromatic heterocycles. The molecule has 0 amide bonds. The lowest BCUT2D eigenvalue weighted by Crippen LogP contribution is -2.44. The van der Waals surface area contributed by atoms with Crippen LogP contribution in [0.1, 0.15) is 18.7 Å². The number of benzene rings is 1. The molecule has 2 heterocycles. The highest BCUT2D eigenvalue weighted by atomic mass is 19.4. The number of hydrogen-bond acceptors (Lipinski definition) is 6. The summed E-state index contributed by atoms with van der Waals surface area (Å²) in [5, 5.41) is 11.2. The van der Waals surface area contributed by atoms with Crippen LogP contribution in [-0.4, -0.2) is 65.5 Å². The normalized spacial score (nSPS) is 17.6. The van der Waals surface area contributed by atoms with Gasteiger partial charge in [-0.05, 0) is 50.1 Å². The van der Waals surface area contributed by atoms with Crippen molar-refractivity contribution in [2.75, 3.05) is 38.1 Å². The Morgan fingerprint density at radius 1 is 1.17 bits per heavy atom. The van der Waals surface area contributed by atoms with Gasteiger partial charge in [-0.25, -0.2) is 4.79 Å². The summed E-state index contributed by atoms with van der Waals surface area (Å²) in [5.41, 5.74) is 2.28. The fourth-order valence-corrected chi connectivity index (χ4v) is 2.91. The first-order valence-corrected chi connectivity index (χ1v) is 9.39. The van der Waals surface area contributed by atoms with Crippen molar-refractivity contribution >= 4 is 11.7 Å². The highest BCUT2D eigenvalue weighted by molar-refractivity contribution is 5.73. The Morgan fingerprint density at radius 3 is 2.28 bits per heavy atom. The van der Waals surface area contributed by atoms with E-state index >= 15 is 0 Å². The zero-order chi connectivity index (χ0) is 21.0. The van der Waals surface area contributed by atoms with E-state index in [0.29, 0.717) is 5.89 Å². The molecule has 0 unspecified atom stereocenters. The van der Waals surface area contributed by atoms with E-state index in [0.717, 1.165) is 49.9 Å². The molecule has 1 aliphatic heterocycles. The summed E-state index contributed by atoms with van der Waals surface area (Å²) in [7, 11) is 2.18. The van der Waals surface area contributed by atoms with Crippen LogP contribution in [0.5, 0.6) is 0 Å². The standard InChI is InChI=1S/C17H22N4O.C2HF3O2/c1-20-8-10-21(11-9-20)15-6-4-14(5-7-15)17-18-16(19-22-17)12-13-2-3-13;3-2(4,5)1(6)7/h4-7,13H,2-3,8-12H2,1H3;(H,6,7). The number of halogens is 3. The Bertz CT molecular complexity index is 811. The number of alkyl halides is 3. The summed E-state index contributed by atoms with van der Waals surface area (Å²) in [4.78, 5) is 18.2. The zero-order valence-electron chi connectivity index (χ0n) is 16.0. The second-order valence-corrected chi connectivity index (χ2v) is 7.30. The average molecular weight is 412 g/mol. The summed E-state index contributed by atoms with van der Waals surface area (Å²) in [6.07, 6.45) is -1.50. The molecule has 4 rings (SSSR count). The van der Waals surface area contributed by atoms with Crippen molar-refractivity contribution < 1.29 is 27.6 Å². The molecule has 1 saturated carbocycles. The molecule has 7 nitrogen and oxygen atoms in total. The third-order valence-electron chi connectivity index (χ3n) is 4.86. The van der Waals surface area contributed by atoms with Crippen LogP contribution in [0.4, 0.5) is 18.9 Å². The predicted molar refractivity (Wildman–Crippen MR) is 99.6 cm³/mol. The first-order valence-electron chi connectivity index (χ1n) is 9.39. The minimum absolute atomic E-state index is 0.639. The number of anilines is 1. The van der Waals surface area contributed by atoms with Crippen LogP contribution >= 0.6 is 0 Å². The number of carboxylic acids is 1. The van der Waals surface area contributed by atoms with Crippen molar-refractivity contribution in [1.82, 2.24) is 15.0 Å². The lowest BCUT2D eigenvalue weighted by molar-refractivity contribution is -0.192. The Labute approximate surface area is 166 Å². The van der Waals surface area contributed by atoms with Crippen molar-refractivity contribution in [3.05, 3.63) is 30.1 Å². The van der Waals surface area contributed by atoms with Gasteiger partial charge >= 0.3 is 12.1 Å². The van der Waals surface area contributed by atoms with Crippen LogP contribution in [0.3, 0.4) is 0 Å². The maximum Gasteiger partial charge on any atom is 0.490 e. The van der Waals surface area contributed by atoms with Gasteiger partial charge in [-0.1, -0.05) is 5.16 Å². The number of piperazine rings is 1. The van der Waals surface area contributed by atoms with Gasteiger partial charge in [0.25, 0.3) is 5.89 Å². The van der Waals surface area contributed by atoms with Gasteiger partial charge in [0, 0.05) is 43.9 Å². The molecular weight excluding hydrogens is 389 g/mol. The molecule has 0 bridgehead atoms. The van der Waals surface area contributed by atoms with Gasteiger partial charge in [0.2, 0.25) is 0 Å². The average Bonchev–Trinajstić information content (AvgIpc) is 3.37. The van der Waals surface area contributed by atoms with E-state index in [1.165, 1.54) is 18.5 Å². The smallest absolute Gasteiger partial charge is 0.475 e. The van der Waals surface area contributed by atoms with Gasteiger partial charge in [-0.15, -0.1) is 0 Å². The van der Waals surface area contributed by atoms with E-state index in [-0.39, 0.29) is 0 Å². The number of nitrogens with zero attached hydrogens (tertiary/aromatic N) is 4. The molecule has 1 saturated heterocycles. The molecule has 2 aromatic rings. The minimum atomic E-state index is -5.08. The van der Waals surface area contributed by atoms with Gasteiger partial charge in [-0.3, -0.25) is 0 Å². The van der Waals surface area contributed by atoms with Gasteiger partial charge in [0.05, 0.1) is 0 Å². The fourth-order valence-electron chi connectivity index (χ4n) is 2.91. The number of hydrogen-bond donors (Lipinski definition) is 1. The maximum atomic E-state index is 10.6. The Hall–Kier alpha value is -2.62. The first-order chi connectivity index (χ1) is 13.7. The summed E-state index contributed by atoms with van der Waals surface area (Å²) in [6, 6.07) is 8.49. The van der Waals surface area contributed by atoms with E-state index < -0.39 is 12.1 Å². The number of aromatic nitrogens is 2. The summed E-state index contributed by atoms with van der Waals surface area (Å²) in [5.74, 6) is -0.487. The SMILES string of the molecule is CN1CCN(c2ccc(-c3nc(CC4CC4)no3)cc2)CC1.O=C(O)C(F)(F)F. The number of rotatable bonds is 4. The minimum Gasteiger partial charge on any atom is -0.475 e. The summed E-state index contributed by atoms with van der Waals surface area (Å²) >= 11 is 0. The van der Waals surface area contributed by atoms with Crippen LogP contribution in [0, 0.1) is 5.92 Å². The van der Waals surface area contributed by atoms with Crippen molar-refractivity contribution in [3.63, 3.8) is 0 Å². The van der Waals surface area contributed by atoms with E-state index in [4.69, 9.17) is 14.4 Å². The summed E-state index contributed by atoms with van der Waals surface area (Å²) in [6.45, 7) is 4.41. The predicted octanol–water partition coefficient (Wildman–Crippen LogP) is 3.07. The van der Waals surface area contributed by atoms with E-state index in [1.807, 2.05) is 0 Å². The van der Waals surface area contributed by atoms with Gasteiger partial charge in [0.15, 0.2) is 5.82 Å². The second-order valence-electron chi connectivity index (χ2n) is 7.30. The van der Waals surface area contributed by atoms with Crippen LogP contribution in [0.25, 0.3) is 11.5 Å². The highest BCUT2D eigenvalue weighted by Crippen LogP contribution is 2.32. The second kappa shape index (κ2) is 8.81. The van der Waals surface area contributed by atoms with Gasteiger partial charge in [-0.2, -0.15) is 18.2 Å². The molecular formula is C19H23F3N4O3. The fraction of sp³-hybridized carbons (Fsp3) is 0.526. The zero-order valence-corrected chi connectivity index (χ0v) is 16.0. The quantitative estimate of drug-likeness (QED) is 0.826. The number of likely N-dealkylation sites (N-methyl/N-ethyl adjacent to an activating group) is 1. The molecule has 158 valence electrons. The monoisotopic (exact) mass is 412 g/mol. The third-order valence-corrected chi connectivity index (χ3v) is 4.86. The topological polar surface area (TPSA) is 82.7 Å². The third kappa shape index (κ3) is 6.18. The van der Waals surface area contributed by atoms with E-state index in [2.05, 4.69) is 51.3 Å². The number of carbonyl (C=O) groups is 1. The Balaban J connectivity index is 0.000000298. The molecule has 0 radical (unpaired) electrons. The van der Waals surface area contributed by atoms with Crippen molar-refractivity contribution in [3.8, 4) is 11.5 Å². The van der Waals surface area contributed by atoms with Gasteiger partial charge in [0.1, 0.15) is 0 Å². The van der Waals surface area contributed by atoms with Gasteiger partial charge < -0.3 is 19.4 Å². The van der Waals surface area contributed by atoms with Crippen molar-refractivity contribution in [2.45, 2.75) is 25.4 Å². The Kier molecular flexibility index (Phi) is 6.41. The molecule has 1 aromatic carbocycles. The molecule has 2 fully saturated rings. The largest absolute Gasteiger partial charge is 0.490 e. The lowest BCUT2D eigenvalue weighted by atomic mass is 10.2. The number of aliphatic carboxylic acids is 1. The molecule has 1 aliphatic carbocycles. The first kappa shape index (κ1) is 21.1. The van der Waals surface area contributed by atoms with Crippen molar-refractivity contribution in [1.29, 1.82) is 0 Å². The molecule has 0 atom stereocenters. The van der Waals surface area contributed by atoms with Crippen LogP contribution in [-0.2, 0) is 11.2 Å². The highest BCUT2D eigenvalue weighted by Gasteiger charge is 2.38. The molecule has 2 aliphatic rings. The molecule has 10 heteroatoms.